The van der Waals surface area contributed by atoms with Crippen LogP contribution in [0.15, 0.2) is 30.3 Å². The lowest BCUT2D eigenvalue weighted by molar-refractivity contribution is 0.238. The fourth-order valence-electron chi connectivity index (χ4n) is 3.13. The Morgan fingerprint density at radius 2 is 1.72 bits per heavy atom. The van der Waals surface area contributed by atoms with Crippen molar-refractivity contribution in [3.05, 3.63) is 35.9 Å². The van der Waals surface area contributed by atoms with Gasteiger partial charge in [-0.3, -0.25) is 0 Å². The van der Waals surface area contributed by atoms with E-state index in [1.165, 1.54) is 31.2 Å². The molecule has 2 rings (SSSR count). The van der Waals surface area contributed by atoms with Crippen LogP contribution in [0.1, 0.15) is 58.1 Å². The first kappa shape index (κ1) is 13.6. The number of hydrogen-bond acceptors (Lipinski definition) is 1. The molecule has 0 spiro atoms. The lowest BCUT2D eigenvalue weighted by Gasteiger charge is -2.35. The van der Waals surface area contributed by atoms with E-state index in [-0.39, 0.29) is 0 Å². The predicted octanol–water partition coefficient (Wildman–Crippen LogP) is 4.55. The fourth-order valence-corrected chi connectivity index (χ4v) is 3.13. The van der Waals surface area contributed by atoms with Crippen LogP contribution in [-0.4, -0.2) is 6.04 Å². The van der Waals surface area contributed by atoms with Crippen molar-refractivity contribution in [3.63, 3.8) is 0 Å². The Labute approximate surface area is 112 Å². The number of rotatable bonds is 4. The summed E-state index contributed by atoms with van der Waals surface area (Å²) in [5.74, 6) is 1.46. The highest BCUT2D eigenvalue weighted by Crippen LogP contribution is 2.29. The molecule has 3 unspecified atom stereocenters. The molecule has 0 heterocycles. The van der Waals surface area contributed by atoms with E-state index in [1.54, 1.807) is 0 Å². The van der Waals surface area contributed by atoms with Crippen LogP contribution in [-0.2, 0) is 0 Å². The molecule has 1 aromatic carbocycles. The second-order valence-electron chi connectivity index (χ2n) is 6.17. The molecule has 1 heteroatoms. The highest BCUT2D eigenvalue weighted by molar-refractivity contribution is 5.19. The van der Waals surface area contributed by atoms with Crippen LogP contribution < -0.4 is 5.32 Å². The molecule has 1 fully saturated rings. The summed E-state index contributed by atoms with van der Waals surface area (Å²) in [6.45, 7) is 7.04. The first-order chi connectivity index (χ1) is 8.68. The first-order valence-electron chi connectivity index (χ1n) is 7.49. The first-order valence-corrected chi connectivity index (χ1v) is 7.49. The van der Waals surface area contributed by atoms with E-state index < -0.39 is 0 Å². The van der Waals surface area contributed by atoms with Crippen molar-refractivity contribution in [1.29, 1.82) is 0 Å². The monoisotopic (exact) mass is 245 g/mol. The third kappa shape index (κ3) is 3.35. The molecule has 0 saturated heterocycles. The summed E-state index contributed by atoms with van der Waals surface area (Å²) in [7, 11) is 0. The summed E-state index contributed by atoms with van der Waals surface area (Å²) in [6.07, 6.45) is 5.53. The van der Waals surface area contributed by atoms with Crippen molar-refractivity contribution >= 4 is 0 Å². The Kier molecular flexibility index (Phi) is 4.82. The molecule has 1 nitrogen and oxygen atoms in total. The smallest absolute Gasteiger partial charge is 0.0345 e. The molecule has 1 saturated carbocycles. The summed E-state index contributed by atoms with van der Waals surface area (Å²) in [4.78, 5) is 0. The lowest BCUT2D eigenvalue weighted by atomic mass is 9.84. The summed E-state index contributed by atoms with van der Waals surface area (Å²) in [5, 5.41) is 3.92. The molecule has 18 heavy (non-hydrogen) atoms. The van der Waals surface area contributed by atoms with Gasteiger partial charge in [0.15, 0.2) is 0 Å². The average Bonchev–Trinajstić information content (AvgIpc) is 2.38. The average molecular weight is 245 g/mol. The molecule has 1 aromatic rings. The maximum atomic E-state index is 3.92. The Hall–Kier alpha value is -0.820. The van der Waals surface area contributed by atoms with E-state index in [1.807, 2.05) is 0 Å². The molecule has 0 bridgehead atoms. The van der Waals surface area contributed by atoms with Gasteiger partial charge in [0.05, 0.1) is 0 Å². The van der Waals surface area contributed by atoms with Crippen molar-refractivity contribution in [3.8, 4) is 0 Å². The van der Waals surface area contributed by atoms with E-state index in [4.69, 9.17) is 0 Å². The number of hydrogen-bond donors (Lipinski definition) is 1. The molecule has 1 aliphatic carbocycles. The molecule has 0 aliphatic heterocycles. The molecule has 0 amide bonds. The number of benzene rings is 1. The molecule has 1 aliphatic rings. The van der Waals surface area contributed by atoms with Gasteiger partial charge in [0.25, 0.3) is 0 Å². The second-order valence-corrected chi connectivity index (χ2v) is 6.17. The third-order valence-electron chi connectivity index (χ3n) is 4.33. The Balaban J connectivity index is 2.07. The van der Waals surface area contributed by atoms with Crippen LogP contribution in [0.5, 0.6) is 0 Å². The predicted molar refractivity (Wildman–Crippen MR) is 78.6 cm³/mol. The van der Waals surface area contributed by atoms with E-state index in [0.29, 0.717) is 18.0 Å². The van der Waals surface area contributed by atoms with Gasteiger partial charge >= 0.3 is 0 Å². The maximum absolute atomic E-state index is 3.92. The zero-order chi connectivity index (χ0) is 13.0. The number of nitrogens with one attached hydrogen (secondary N) is 1. The van der Waals surface area contributed by atoms with Gasteiger partial charge in [-0.1, -0.05) is 63.9 Å². The van der Waals surface area contributed by atoms with E-state index in [2.05, 4.69) is 56.4 Å². The molecule has 3 atom stereocenters. The highest BCUT2D eigenvalue weighted by Gasteiger charge is 2.25. The van der Waals surface area contributed by atoms with Crippen LogP contribution in [0, 0.1) is 11.8 Å². The molecule has 1 N–H and O–H groups in total. The van der Waals surface area contributed by atoms with Gasteiger partial charge in [0.2, 0.25) is 0 Å². The van der Waals surface area contributed by atoms with Crippen LogP contribution in [0.3, 0.4) is 0 Å². The zero-order valence-corrected chi connectivity index (χ0v) is 12.0. The van der Waals surface area contributed by atoms with E-state index in [0.717, 1.165) is 5.92 Å². The summed E-state index contributed by atoms with van der Waals surface area (Å²) in [6, 6.07) is 12.1. The third-order valence-corrected chi connectivity index (χ3v) is 4.33. The minimum absolute atomic E-state index is 0.497. The van der Waals surface area contributed by atoms with Gasteiger partial charge in [-0.25, -0.2) is 0 Å². The van der Waals surface area contributed by atoms with Crippen molar-refractivity contribution in [2.45, 2.75) is 58.5 Å². The summed E-state index contributed by atoms with van der Waals surface area (Å²) < 4.78 is 0. The van der Waals surface area contributed by atoms with Crippen LogP contribution >= 0.6 is 0 Å². The molecule has 100 valence electrons. The van der Waals surface area contributed by atoms with Crippen molar-refractivity contribution in [2.24, 2.45) is 11.8 Å². The van der Waals surface area contributed by atoms with Gasteiger partial charge in [0.1, 0.15) is 0 Å². The molecule has 0 aromatic heterocycles. The van der Waals surface area contributed by atoms with Crippen LogP contribution in [0.2, 0.25) is 0 Å². The molecular weight excluding hydrogens is 218 g/mol. The fraction of sp³-hybridized carbons (Fsp3) is 0.647. The van der Waals surface area contributed by atoms with Crippen LogP contribution in [0.4, 0.5) is 0 Å². The SMILES string of the molecule is CC(C)C(NC1CCCCC1C)c1ccccc1. The van der Waals surface area contributed by atoms with E-state index >= 15 is 0 Å². The topological polar surface area (TPSA) is 12.0 Å². The molecular formula is C17H27N. The summed E-state index contributed by atoms with van der Waals surface area (Å²) >= 11 is 0. The quantitative estimate of drug-likeness (QED) is 0.820. The Morgan fingerprint density at radius 3 is 2.33 bits per heavy atom. The van der Waals surface area contributed by atoms with E-state index in [9.17, 15) is 0 Å². The highest BCUT2D eigenvalue weighted by atomic mass is 15.0. The van der Waals surface area contributed by atoms with Gasteiger partial charge in [-0.2, -0.15) is 0 Å². The standard InChI is InChI=1S/C17H27N/c1-13(2)17(15-10-5-4-6-11-15)18-16-12-8-7-9-14(16)3/h4-6,10-11,13-14,16-18H,7-9,12H2,1-3H3. The van der Waals surface area contributed by atoms with Gasteiger partial charge in [-0.05, 0) is 30.2 Å². The van der Waals surface area contributed by atoms with Gasteiger partial charge < -0.3 is 5.32 Å². The zero-order valence-electron chi connectivity index (χ0n) is 12.0. The van der Waals surface area contributed by atoms with Gasteiger partial charge in [0, 0.05) is 12.1 Å². The maximum Gasteiger partial charge on any atom is 0.0345 e. The minimum Gasteiger partial charge on any atom is -0.307 e. The Morgan fingerprint density at radius 1 is 1.06 bits per heavy atom. The van der Waals surface area contributed by atoms with Crippen molar-refractivity contribution in [1.82, 2.24) is 5.32 Å². The van der Waals surface area contributed by atoms with Crippen LogP contribution in [0.25, 0.3) is 0 Å². The Bertz CT molecular complexity index is 344. The lowest BCUT2D eigenvalue weighted by Crippen LogP contribution is -2.41. The van der Waals surface area contributed by atoms with Gasteiger partial charge in [-0.15, -0.1) is 0 Å². The van der Waals surface area contributed by atoms with Crippen molar-refractivity contribution in [2.75, 3.05) is 0 Å². The van der Waals surface area contributed by atoms with Crippen molar-refractivity contribution < 1.29 is 0 Å². The second kappa shape index (κ2) is 6.38. The molecule has 0 radical (unpaired) electrons. The normalized spacial score (nSPS) is 26.2. The largest absolute Gasteiger partial charge is 0.307 e. The minimum atomic E-state index is 0.497. The summed E-state index contributed by atoms with van der Waals surface area (Å²) in [5.41, 5.74) is 1.44.